The van der Waals surface area contributed by atoms with Crippen molar-refractivity contribution in [2.24, 2.45) is 0 Å². The van der Waals surface area contributed by atoms with Gasteiger partial charge < -0.3 is 5.11 Å². The first-order valence-electron chi connectivity index (χ1n) is 4.22. The van der Waals surface area contributed by atoms with Gasteiger partial charge in [-0.05, 0) is 22.4 Å². The summed E-state index contributed by atoms with van der Waals surface area (Å²) in [6.07, 6.45) is -1.38. The number of aliphatic carboxylic acids is 1. The lowest BCUT2D eigenvalue weighted by Crippen LogP contribution is -2.21. The SMILES string of the molecule is CC[C@H](C(=O)O)n1ncc(Br)c1C(F)F. The first-order valence-corrected chi connectivity index (χ1v) is 5.02. The molecule has 1 atom stereocenters. The molecule has 15 heavy (non-hydrogen) atoms. The smallest absolute Gasteiger partial charge is 0.328 e. The third-order valence-corrected chi connectivity index (χ3v) is 2.57. The number of alkyl halides is 2. The van der Waals surface area contributed by atoms with Crippen molar-refractivity contribution in [3.8, 4) is 0 Å². The Morgan fingerprint density at radius 1 is 1.73 bits per heavy atom. The number of carboxylic acid groups (broad SMARTS) is 1. The molecule has 0 bridgehead atoms. The molecule has 7 heteroatoms. The molecule has 0 aliphatic heterocycles. The van der Waals surface area contributed by atoms with E-state index in [1.54, 1.807) is 6.92 Å². The zero-order valence-corrected chi connectivity index (χ0v) is 9.41. The molecule has 1 heterocycles. The zero-order chi connectivity index (χ0) is 11.6. The Hall–Kier alpha value is -0.980. The quantitative estimate of drug-likeness (QED) is 0.924. The van der Waals surface area contributed by atoms with E-state index in [0.29, 0.717) is 0 Å². The molecule has 0 aromatic carbocycles. The first kappa shape index (κ1) is 12.1. The van der Waals surface area contributed by atoms with Gasteiger partial charge in [-0.15, -0.1) is 0 Å². The lowest BCUT2D eigenvalue weighted by atomic mass is 10.2. The third kappa shape index (κ3) is 2.34. The molecule has 0 aliphatic rings. The number of hydrogen-bond acceptors (Lipinski definition) is 2. The Bertz CT molecular complexity index is 368. The molecule has 1 N–H and O–H groups in total. The van der Waals surface area contributed by atoms with Gasteiger partial charge in [0.15, 0.2) is 0 Å². The van der Waals surface area contributed by atoms with Crippen LogP contribution in [0, 0.1) is 0 Å². The molecular weight excluding hydrogens is 274 g/mol. The Kier molecular flexibility index (Phi) is 3.78. The highest BCUT2D eigenvalue weighted by molar-refractivity contribution is 9.10. The van der Waals surface area contributed by atoms with Gasteiger partial charge in [-0.1, -0.05) is 6.92 Å². The maximum Gasteiger partial charge on any atom is 0.328 e. The van der Waals surface area contributed by atoms with E-state index in [9.17, 15) is 13.6 Å². The van der Waals surface area contributed by atoms with Crippen molar-refractivity contribution in [3.05, 3.63) is 16.4 Å². The Labute approximate surface area is 93.0 Å². The number of carboxylic acids is 1. The molecule has 0 unspecified atom stereocenters. The van der Waals surface area contributed by atoms with Crippen LogP contribution in [0.1, 0.15) is 31.5 Å². The van der Waals surface area contributed by atoms with Crippen molar-refractivity contribution in [2.75, 3.05) is 0 Å². The molecule has 0 aliphatic carbocycles. The normalized spacial score (nSPS) is 13.1. The molecular formula is C8H9BrF2N2O2. The van der Waals surface area contributed by atoms with Crippen LogP contribution in [0.4, 0.5) is 8.78 Å². The molecule has 0 saturated carbocycles. The molecule has 0 fully saturated rings. The Morgan fingerprint density at radius 2 is 2.33 bits per heavy atom. The molecule has 1 rings (SSSR count). The van der Waals surface area contributed by atoms with Crippen LogP contribution in [0.25, 0.3) is 0 Å². The highest BCUT2D eigenvalue weighted by atomic mass is 79.9. The predicted octanol–water partition coefficient (Wildman–Crippen LogP) is 2.62. The Morgan fingerprint density at radius 3 is 2.73 bits per heavy atom. The van der Waals surface area contributed by atoms with Gasteiger partial charge in [0.25, 0.3) is 6.43 Å². The van der Waals surface area contributed by atoms with Gasteiger partial charge in [0.05, 0.1) is 10.7 Å². The largest absolute Gasteiger partial charge is 0.480 e. The van der Waals surface area contributed by atoms with Gasteiger partial charge in [-0.3, -0.25) is 0 Å². The summed E-state index contributed by atoms with van der Waals surface area (Å²) in [5, 5.41) is 12.5. The number of aromatic nitrogens is 2. The van der Waals surface area contributed by atoms with E-state index in [0.717, 1.165) is 4.68 Å². The monoisotopic (exact) mass is 282 g/mol. The fourth-order valence-corrected chi connectivity index (χ4v) is 1.70. The van der Waals surface area contributed by atoms with Crippen LogP contribution in [0.3, 0.4) is 0 Å². The van der Waals surface area contributed by atoms with Crippen LogP contribution in [-0.2, 0) is 4.79 Å². The maximum atomic E-state index is 12.6. The van der Waals surface area contributed by atoms with E-state index < -0.39 is 24.1 Å². The van der Waals surface area contributed by atoms with E-state index >= 15 is 0 Å². The molecule has 84 valence electrons. The van der Waals surface area contributed by atoms with Gasteiger partial charge in [-0.2, -0.15) is 5.10 Å². The van der Waals surface area contributed by atoms with Gasteiger partial charge in [-0.25, -0.2) is 18.3 Å². The van der Waals surface area contributed by atoms with Crippen LogP contribution < -0.4 is 0 Å². The van der Waals surface area contributed by atoms with Crippen LogP contribution >= 0.6 is 15.9 Å². The van der Waals surface area contributed by atoms with Crippen molar-refractivity contribution in [3.63, 3.8) is 0 Å². The fraction of sp³-hybridized carbons (Fsp3) is 0.500. The molecule has 1 aromatic heterocycles. The van der Waals surface area contributed by atoms with Crippen molar-refractivity contribution in [2.45, 2.75) is 25.8 Å². The minimum atomic E-state index is -2.75. The molecule has 0 saturated heterocycles. The predicted molar refractivity (Wildman–Crippen MR) is 51.8 cm³/mol. The highest BCUT2D eigenvalue weighted by Crippen LogP contribution is 2.30. The highest BCUT2D eigenvalue weighted by Gasteiger charge is 2.26. The lowest BCUT2D eigenvalue weighted by Gasteiger charge is -2.13. The molecule has 1 aromatic rings. The van der Waals surface area contributed by atoms with Gasteiger partial charge in [0.2, 0.25) is 0 Å². The molecule has 0 amide bonds. The number of carbonyl (C=O) groups is 1. The second kappa shape index (κ2) is 4.69. The minimum absolute atomic E-state index is 0.122. The average Bonchev–Trinajstić information content (AvgIpc) is 2.48. The average molecular weight is 283 g/mol. The summed E-state index contributed by atoms with van der Waals surface area (Å²) in [5.41, 5.74) is -0.399. The molecule has 4 nitrogen and oxygen atoms in total. The van der Waals surface area contributed by atoms with Crippen molar-refractivity contribution >= 4 is 21.9 Å². The fourth-order valence-electron chi connectivity index (χ4n) is 1.26. The van der Waals surface area contributed by atoms with Crippen molar-refractivity contribution in [1.29, 1.82) is 0 Å². The van der Waals surface area contributed by atoms with Gasteiger partial charge >= 0.3 is 5.97 Å². The maximum absolute atomic E-state index is 12.6. The van der Waals surface area contributed by atoms with Crippen LogP contribution in [0.2, 0.25) is 0 Å². The van der Waals surface area contributed by atoms with Gasteiger partial charge in [0, 0.05) is 0 Å². The summed E-state index contributed by atoms with van der Waals surface area (Å²) >= 11 is 2.91. The van der Waals surface area contributed by atoms with Gasteiger partial charge in [0.1, 0.15) is 11.7 Å². The summed E-state index contributed by atoms with van der Waals surface area (Å²) in [6, 6.07) is -1.06. The van der Waals surface area contributed by atoms with E-state index in [2.05, 4.69) is 21.0 Å². The van der Waals surface area contributed by atoms with Crippen LogP contribution in [0.5, 0.6) is 0 Å². The van der Waals surface area contributed by atoms with E-state index in [-0.39, 0.29) is 10.9 Å². The number of nitrogens with zero attached hydrogens (tertiary/aromatic N) is 2. The number of hydrogen-bond donors (Lipinski definition) is 1. The number of halogens is 3. The molecule has 0 spiro atoms. The van der Waals surface area contributed by atoms with Crippen LogP contribution in [-0.4, -0.2) is 20.9 Å². The third-order valence-electron chi connectivity index (χ3n) is 1.96. The van der Waals surface area contributed by atoms with E-state index in [1.165, 1.54) is 6.20 Å². The van der Waals surface area contributed by atoms with E-state index in [1.807, 2.05) is 0 Å². The van der Waals surface area contributed by atoms with E-state index in [4.69, 9.17) is 5.11 Å². The molecule has 0 radical (unpaired) electrons. The standard InChI is InChI=1S/C8H9BrF2N2O2/c1-2-5(8(14)15)13-6(7(10)11)4(9)3-12-13/h3,5,7H,2H2,1H3,(H,14,15)/t5-/m1/s1. The summed E-state index contributed by atoms with van der Waals surface area (Å²) in [7, 11) is 0. The minimum Gasteiger partial charge on any atom is -0.480 e. The lowest BCUT2D eigenvalue weighted by molar-refractivity contribution is -0.141. The summed E-state index contributed by atoms with van der Waals surface area (Å²) in [4.78, 5) is 10.8. The van der Waals surface area contributed by atoms with Crippen molar-refractivity contribution < 1.29 is 18.7 Å². The Balaban J connectivity index is 3.18. The second-order valence-corrected chi connectivity index (χ2v) is 3.74. The zero-order valence-electron chi connectivity index (χ0n) is 7.82. The van der Waals surface area contributed by atoms with Crippen LogP contribution in [0.15, 0.2) is 10.7 Å². The number of rotatable bonds is 4. The summed E-state index contributed by atoms with van der Waals surface area (Å²) < 4.78 is 26.2. The summed E-state index contributed by atoms with van der Waals surface area (Å²) in [5.74, 6) is -1.17. The topological polar surface area (TPSA) is 55.1 Å². The second-order valence-electron chi connectivity index (χ2n) is 2.89. The first-order chi connectivity index (χ1) is 6.99. The van der Waals surface area contributed by atoms with Crippen molar-refractivity contribution in [1.82, 2.24) is 9.78 Å². The summed E-state index contributed by atoms with van der Waals surface area (Å²) in [6.45, 7) is 1.60.